The highest BCUT2D eigenvalue weighted by Gasteiger charge is 2.40. The average Bonchev–Trinajstić information content (AvgIpc) is 3.03. The molecule has 0 bridgehead atoms. The lowest BCUT2D eigenvalue weighted by Gasteiger charge is -2.29. The Balaban J connectivity index is 2.46. The van der Waals surface area contributed by atoms with Crippen molar-refractivity contribution in [3.63, 3.8) is 0 Å². The van der Waals surface area contributed by atoms with Crippen LogP contribution in [0.1, 0.15) is 24.1 Å². The predicted molar refractivity (Wildman–Crippen MR) is 61.7 cm³/mol. The summed E-state index contributed by atoms with van der Waals surface area (Å²) in [4.78, 5) is 4.67. The van der Waals surface area contributed by atoms with E-state index in [1.165, 1.54) is 5.69 Å². The van der Waals surface area contributed by atoms with E-state index in [4.69, 9.17) is 0 Å². The lowest BCUT2D eigenvalue weighted by molar-refractivity contribution is 0.334. The van der Waals surface area contributed by atoms with Gasteiger partial charge in [-0.2, -0.15) is 0 Å². The van der Waals surface area contributed by atoms with Crippen LogP contribution in [-0.2, 0) is 12.6 Å². The fourth-order valence-corrected chi connectivity index (χ4v) is 2.05. The van der Waals surface area contributed by atoms with E-state index in [-0.39, 0.29) is 5.54 Å². The third-order valence-electron chi connectivity index (χ3n) is 3.65. The van der Waals surface area contributed by atoms with Gasteiger partial charge in [-0.1, -0.05) is 12.2 Å². The number of nitrogens with zero attached hydrogens (tertiary/aromatic N) is 2. The molecular formula is C12H19N3. The zero-order valence-corrected chi connectivity index (χ0v) is 10.1. The Bertz CT molecular complexity index is 411. The maximum absolute atomic E-state index is 4.67. The van der Waals surface area contributed by atoms with Crippen molar-refractivity contribution in [1.82, 2.24) is 14.9 Å². The van der Waals surface area contributed by atoms with Crippen LogP contribution in [0.5, 0.6) is 0 Å². The Morgan fingerprint density at radius 3 is 2.33 bits per heavy atom. The van der Waals surface area contributed by atoms with Crippen molar-refractivity contribution < 1.29 is 0 Å². The minimum atomic E-state index is -0.0617. The molecule has 0 aromatic carbocycles. The van der Waals surface area contributed by atoms with E-state index in [9.17, 15) is 0 Å². The number of nitrogens with one attached hydrogen (secondary N) is 1. The Kier molecular flexibility index (Phi) is 2.23. The van der Waals surface area contributed by atoms with Gasteiger partial charge in [0, 0.05) is 18.7 Å². The lowest BCUT2D eigenvalue weighted by atomic mass is 9.93. The van der Waals surface area contributed by atoms with E-state index >= 15 is 0 Å². The van der Waals surface area contributed by atoms with Crippen molar-refractivity contribution >= 4 is 0 Å². The highest BCUT2D eigenvalue weighted by atomic mass is 15.1. The Morgan fingerprint density at radius 1 is 1.40 bits per heavy atom. The summed E-state index contributed by atoms with van der Waals surface area (Å²) in [6.45, 7) is 6.39. The summed E-state index contributed by atoms with van der Waals surface area (Å²) < 4.78 is 2.19. The van der Waals surface area contributed by atoms with E-state index < -0.39 is 0 Å². The molecule has 1 aromatic heterocycles. The molecule has 3 heteroatoms. The fraction of sp³-hybridized carbons (Fsp3) is 0.583. The number of imidazole rings is 1. The molecule has 3 nitrogen and oxygen atoms in total. The monoisotopic (exact) mass is 205 g/mol. The number of aryl methyl sites for hydroxylation is 1. The van der Waals surface area contributed by atoms with Crippen molar-refractivity contribution in [2.75, 3.05) is 7.05 Å². The smallest absolute Gasteiger partial charge is 0.129 e. The molecule has 1 unspecified atom stereocenters. The summed E-state index contributed by atoms with van der Waals surface area (Å²) >= 11 is 0. The molecule has 0 saturated carbocycles. The molecule has 0 fully saturated rings. The van der Waals surface area contributed by atoms with Crippen molar-refractivity contribution in [3.05, 3.63) is 29.4 Å². The quantitative estimate of drug-likeness (QED) is 0.761. The Labute approximate surface area is 91.2 Å². The van der Waals surface area contributed by atoms with E-state index in [2.05, 4.69) is 54.8 Å². The van der Waals surface area contributed by atoms with Gasteiger partial charge in [-0.05, 0) is 27.8 Å². The van der Waals surface area contributed by atoms with Gasteiger partial charge in [0.05, 0.1) is 11.2 Å². The molecule has 1 heterocycles. The van der Waals surface area contributed by atoms with E-state index in [0.717, 1.165) is 11.5 Å². The first-order chi connectivity index (χ1) is 7.00. The molecule has 82 valence electrons. The zero-order chi connectivity index (χ0) is 11.2. The van der Waals surface area contributed by atoms with Crippen LogP contribution in [-0.4, -0.2) is 16.6 Å². The average molecular weight is 205 g/mol. The van der Waals surface area contributed by atoms with Gasteiger partial charge in [0.1, 0.15) is 5.82 Å². The first-order valence-corrected chi connectivity index (χ1v) is 5.38. The van der Waals surface area contributed by atoms with Gasteiger partial charge in [0.15, 0.2) is 0 Å². The highest BCUT2D eigenvalue weighted by molar-refractivity contribution is 5.29. The van der Waals surface area contributed by atoms with Crippen molar-refractivity contribution in [2.45, 2.75) is 26.3 Å². The molecule has 0 saturated heterocycles. The van der Waals surface area contributed by atoms with Crippen molar-refractivity contribution in [2.24, 2.45) is 13.0 Å². The molecule has 1 N–H and O–H groups in total. The van der Waals surface area contributed by atoms with Gasteiger partial charge in [0.25, 0.3) is 0 Å². The van der Waals surface area contributed by atoms with Crippen LogP contribution >= 0.6 is 0 Å². The molecule has 1 aromatic rings. The molecule has 0 aliphatic heterocycles. The summed E-state index contributed by atoms with van der Waals surface area (Å²) in [5, 5.41) is 3.39. The maximum atomic E-state index is 4.67. The van der Waals surface area contributed by atoms with Gasteiger partial charge in [0.2, 0.25) is 0 Å². The Hall–Kier alpha value is -1.09. The SMILES string of the molecule is CNC(C)(c1nc(C)c(C)n1C)C1C=C1. The van der Waals surface area contributed by atoms with Crippen LogP contribution in [0.15, 0.2) is 12.2 Å². The highest BCUT2D eigenvalue weighted by Crippen LogP contribution is 2.37. The largest absolute Gasteiger partial charge is 0.334 e. The van der Waals surface area contributed by atoms with Crippen LogP contribution in [0.2, 0.25) is 0 Å². The van der Waals surface area contributed by atoms with Gasteiger partial charge in [-0.15, -0.1) is 0 Å². The van der Waals surface area contributed by atoms with E-state index in [1.807, 2.05) is 7.05 Å². The molecule has 1 atom stereocenters. The summed E-state index contributed by atoms with van der Waals surface area (Å²) in [5.41, 5.74) is 2.30. The maximum Gasteiger partial charge on any atom is 0.129 e. The standard InChI is InChI=1S/C12H19N3/c1-8-9(2)15(5)11(14-8)12(3,13-4)10-6-7-10/h6-7,10,13H,1-5H3. The second-order valence-electron chi connectivity index (χ2n) is 4.53. The summed E-state index contributed by atoms with van der Waals surface area (Å²) in [5.74, 6) is 1.62. The fourth-order valence-electron chi connectivity index (χ4n) is 2.05. The van der Waals surface area contributed by atoms with Crippen LogP contribution in [0.25, 0.3) is 0 Å². The number of hydrogen-bond acceptors (Lipinski definition) is 2. The topological polar surface area (TPSA) is 29.9 Å². The van der Waals surface area contributed by atoms with Gasteiger partial charge in [-0.3, -0.25) is 0 Å². The number of aromatic nitrogens is 2. The predicted octanol–water partition coefficient (Wildman–Crippen LogP) is 1.66. The van der Waals surface area contributed by atoms with Crippen LogP contribution in [0.4, 0.5) is 0 Å². The molecule has 15 heavy (non-hydrogen) atoms. The first kappa shape index (κ1) is 10.4. The molecule has 1 aliphatic carbocycles. The third kappa shape index (κ3) is 1.42. The second-order valence-corrected chi connectivity index (χ2v) is 4.53. The third-order valence-corrected chi connectivity index (χ3v) is 3.65. The van der Waals surface area contributed by atoms with Crippen LogP contribution < -0.4 is 5.32 Å². The summed E-state index contributed by atoms with van der Waals surface area (Å²) in [6, 6.07) is 0. The molecule has 1 aliphatic rings. The molecule has 0 spiro atoms. The second kappa shape index (κ2) is 3.20. The van der Waals surface area contributed by atoms with Gasteiger partial charge in [-0.25, -0.2) is 4.98 Å². The van der Waals surface area contributed by atoms with Crippen LogP contribution in [0, 0.1) is 19.8 Å². The Morgan fingerprint density at radius 2 is 2.00 bits per heavy atom. The van der Waals surface area contributed by atoms with E-state index in [0.29, 0.717) is 5.92 Å². The van der Waals surface area contributed by atoms with Crippen LogP contribution in [0.3, 0.4) is 0 Å². The molecule has 0 radical (unpaired) electrons. The van der Waals surface area contributed by atoms with E-state index in [1.54, 1.807) is 0 Å². The molecular weight excluding hydrogens is 186 g/mol. The number of rotatable bonds is 3. The summed E-state index contributed by atoms with van der Waals surface area (Å²) in [6.07, 6.45) is 4.44. The molecule has 2 rings (SSSR count). The minimum Gasteiger partial charge on any atom is -0.334 e. The molecule has 0 amide bonds. The van der Waals surface area contributed by atoms with Gasteiger partial charge >= 0.3 is 0 Å². The zero-order valence-electron chi connectivity index (χ0n) is 10.1. The van der Waals surface area contributed by atoms with Crippen molar-refractivity contribution in [1.29, 1.82) is 0 Å². The van der Waals surface area contributed by atoms with Crippen molar-refractivity contribution in [3.8, 4) is 0 Å². The lowest BCUT2D eigenvalue weighted by Crippen LogP contribution is -2.42. The van der Waals surface area contributed by atoms with Gasteiger partial charge < -0.3 is 9.88 Å². The normalized spacial score (nSPS) is 19.3. The number of hydrogen-bond donors (Lipinski definition) is 1. The minimum absolute atomic E-state index is 0.0617. The summed E-state index contributed by atoms with van der Waals surface area (Å²) in [7, 11) is 4.09. The first-order valence-electron chi connectivity index (χ1n) is 5.38.